The Hall–Kier alpha value is -0.370. The molecule has 56 valence electrons. The fraction of sp³-hybridized carbons (Fsp3) is 0.875. The number of ether oxygens (including phenoxy) is 1. The lowest BCUT2D eigenvalue weighted by Crippen LogP contribution is -2.18. The third-order valence-corrected chi connectivity index (χ3v) is 2.76. The van der Waals surface area contributed by atoms with E-state index in [1.165, 1.54) is 0 Å². The van der Waals surface area contributed by atoms with E-state index in [1.54, 1.807) is 0 Å². The van der Waals surface area contributed by atoms with E-state index in [-0.39, 0.29) is 11.7 Å². The first kappa shape index (κ1) is 6.35. The van der Waals surface area contributed by atoms with Gasteiger partial charge in [0.15, 0.2) is 5.78 Å². The van der Waals surface area contributed by atoms with Gasteiger partial charge in [-0.05, 0) is 12.3 Å². The van der Waals surface area contributed by atoms with Gasteiger partial charge in [0.1, 0.15) is 11.7 Å². The number of carbonyl (C=O) groups excluding carboxylic acids is 1. The fourth-order valence-electron chi connectivity index (χ4n) is 1.89. The average Bonchev–Trinajstić information content (AvgIpc) is 2.52. The van der Waals surface area contributed by atoms with Crippen LogP contribution in [0, 0.1) is 5.92 Å². The summed E-state index contributed by atoms with van der Waals surface area (Å²) < 4.78 is 5.36. The number of hydrogen-bond donors (Lipinski definition) is 0. The zero-order valence-corrected chi connectivity index (χ0v) is 6.39. The molecule has 1 saturated carbocycles. The molecule has 2 unspecified atom stereocenters. The van der Waals surface area contributed by atoms with Gasteiger partial charge in [-0.1, -0.05) is 13.8 Å². The van der Waals surface area contributed by atoms with Crippen molar-refractivity contribution in [1.29, 1.82) is 0 Å². The minimum atomic E-state index is -0.0208. The van der Waals surface area contributed by atoms with E-state index in [1.807, 2.05) is 0 Å². The Morgan fingerprint density at radius 2 is 2.40 bits per heavy atom. The molecule has 0 aromatic heterocycles. The number of fused-ring (bicyclic) bond motifs is 1. The zero-order chi connectivity index (χ0) is 7.35. The molecule has 1 aliphatic heterocycles. The molecule has 1 saturated heterocycles. The predicted molar refractivity (Wildman–Crippen MR) is 36.7 cm³/mol. The second-order valence-corrected chi connectivity index (χ2v) is 3.57. The van der Waals surface area contributed by atoms with Gasteiger partial charge in [-0.25, -0.2) is 0 Å². The molecule has 2 atom stereocenters. The summed E-state index contributed by atoms with van der Waals surface area (Å²) in [6.45, 7) is 4.25. The smallest absolute Gasteiger partial charge is 0.164 e. The molecule has 1 aliphatic carbocycles. The molecular weight excluding hydrogens is 128 g/mol. The fourth-order valence-corrected chi connectivity index (χ4v) is 1.89. The summed E-state index contributed by atoms with van der Waals surface area (Å²) in [4.78, 5) is 11.0. The van der Waals surface area contributed by atoms with Gasteiger partial charge in [-0.3, -0.25) is 4.79 Å². The van der Waals surface area contributed by atoms with Crippen molar-refractivity contribution in [3.8, 4) is 0 Å². The molecule has 2 rings (SSSR count). The van der Waals surface area contributed by atoms with Crippen LogP contribution in [0.1, 0.15) is 26.7 Å². The molecule has 0 radical (unpaired) electrons. The Bertz CT molecular complexity index is 186. The summed E-state index contributed by atoms with van der Waals surface area (Å²) in [5.74, 6) is 0.817. The first-order chi connectivity index (χ1) is 4.67. The molecule has 2 nitrogen and oxygen atoms in total. The minimum Gasteiger partial charge on any atom is -0.357 e. The van der Waals surface area contributed by atoms with Crippen LogP contribution in [0.2, 0.25) is 0 Å². The summed E-state index contributed by atoms with van der Waals surface area (Å²) in [5, 5.41) is 0. The van der Waals surface area contributed by atoms with E-state index < -0.39 is 0 Å². The molecule has 0 aromatic carbocycles. The molecular formula is C8H12O2. The van der Waals surface area contributed by atoms with Crippen LogP contribution in [0.15, 0.2) is 0 Å². The van der Waals surface area contributed by atoms with Crippen LogP contribution in [-0.2, 0) is 9.53 Å². The number of ketones is 1. The molecule has 0 N–H and O–H groups in total. The van der Waals surface area contributed by atoms with Gasteiger partial charge in [0, 0.05) is 6.42 Å². The van der Waals surface area contributed by atoms with Crippen molar-refractivity contribution >= 4 is 5.78 Å². The lowest BCUT2D eigenvalue weighted by atomic mass is 9.94. The van der Waals surface area contributed by atoms with Crippen molar-refractivity contribution in [2.75, 3.05) is 0 Å². The third-order valence-electron chi connectivity index (χ3n) is 2.76. The SMILES string of the molecule is CC(C)C12CCC(=O)C1O2. The maximum absolute atomic E-state index is 11.0. The van der Waals surface area contributed by atoms with Crippen molar-refractivity contribution in [3.05, 3.63) is 0 Å². The summed E-state index contributed by atoms with van der Waals surface area (Å²) in [7, 11) is 0. The van der Waals surface area contributed by atoms with E-state index in [0.29, 0.717) is 11.7 Å². The molecule has 10 heavy (non-hydrogen) atoms. The topological polar surface area (TPSA) is 29.6 Å². The number of Topliss-reactive ketones (excluding diaryl/α,β-unsaturated/α-hetero) is 1. The number of hydrogen-bond acceptors (Lipinski definition) is 2. The van der Waals surface area contributed by atoms with Crippen LogP contribution in [0.25, 0.3) is 0 Å². The summed E-state index contributed by atoms with van der Waals surface area (Å²) >= 11 is 0. The van der Waals surface area contributed by atoms with Crippen molar-refractivity contribution in [3.63, 3.8) is 0 Å². The van der Waals surface area contributed by atoms with Crippen molar-refractivity contribution in [2.45, 2.75) is 38.4 Å². The molecule has 0 spiro atoms. The van der Waals surface area contributed by atoms with Crippen LogP contribution < -0.4 is 0 Å². The monoisotopic (exact) mass is 140 g/mol. The molecule has 2 fully saturated rings. The van der Waals surface area contributed by atoms with Crippen LogP contribution in [-0.4, -0.2) is 17.5 Å². The molecule has 2 heteroatoms. The minimum absolute atomic E-state index is 0.0168. The van der Waals surface area contributed by atoms with Gasteiger partial charge >= 0.3 is 0 Å². The normalized spacial score (nSPS) is 44.3. The Kier molecular flexibility index (Phi) is 1.03. The summed E-state index contributed by atoms with van der Waals surface area (Å²) in [6, 6.07) is 0. The predicted octanol–water partition coefficient (Wildman–Crippen LogP) is 1.14. The van der Waals surface area contributed by atoms with Gasteiger partial charge in [-0.2, -0.15) is 0 Å². The number of rotatable bonds is 1. The highest BCUT2D eigenvalue weighted by molar-refractivity contribution is 5.90. The molecule has 0 aromatic rings. The largest absolute Gasteiger partial charge is 0.357 e. The van der Waals surface area contributed by atoms with Crippen molar-refractivity contribution < 1.29 is 9.53 Å². The Labute approximate surface area is 60.6 Å². The van der Waals surface area contributed by atoms with Gasteiger partial charge in [0.25, 0.3) is 0 Å². The third kappa shape index (κ3) is 0.553. The van der Waals surface area contributed by atoms with Crippen molar-refractivity contribution in [1.82, 2.24) is 0 Å². The van der Waals surface area contributed by atoms with E-state index in [9.17, 15) is 4.79 Å². The molecule has 2 aliphatic rings. The van der Waals surface area contributed by atoms with Crippen LogP contribution in [0.5, 0.6) is 0 Å². The molecule has 0 bridgehead atoms. The zero-order valence-electron chi connectivity index (χ0n) is 6.39. The lowest BCUT2D eigenvalue weighted by molar-refractivity contribution is -0.120. The number of epoxide rings is 1. The Balaban J connectivity index is 2.18. The Morgan fingerprint density at radius 3 is 2.60 bits per heavy atom. The highest BCUT2D eigenvalue weighted by atomic mass is 16.6. The van der Waals surface area contributed by atoms with Gasteiger partial charge in [0.2, 0.25) is 0 Å². The first-order valence-corrected chi connectivity index (χ1v) is 3.87. The van der Waals surface area contributed by atoms with Gasteiger partial charge < -0.3 is 4.74 Å². The van der Waals surface area contributed by atoms with E-state index in [0.717, 1.165) is 12.8 Å². The quantitative estimate of drug-likeness (QED) is 0.511. The maximum Gasteiger partial charge on any atom is 0.164 e. The first-order valence-electron chi connectivity index (χ1n) is 3.87. The molecule has 0 amide bonds. The standard InChI is InChI=1S/C8H12O2/c1-5(2)8-4-3-6(9)7(8)10-8/h5,7H,3-4H2,1-2H3. The second kappa shape index (κ2) is 1.62. The Morgan fingerprint density at radius 1 is 1.70 bits per heavy atom. The van der Waals surface area contributed by atoms with E-state index in [2.05, 4.69) is 13.8 Å². The highest BCUT2D eigenvalue weighted by Crippen LogP contribution is 2.52. The summed E-state index contributed by atoms with van der Waals surface area (Å²) in [5.41, 5.74) is -0.0168. The highest BCUT2D eigenvalue weighted by Gasteiger charge is 2.65. The van der Waals surface area contributed by atoms with Crippen molar-refractivity contribution in [2.24, 2.45) is 5.92 Å². The van der Waals surface area contributed by atoms with Gasteiger partial charge in [-0.15, -0.1) is 0 Å². The van der Waals surface area contributed by atoms with Crippen LogP contribution in [0.4, 0.5) is 0 Å². The van der Waals surface area contributed by atoms with E-state index in [4.69, 9.17) is 4.74 Å². The maximum atomic E-state index is 11.0. The van der Waals surface area contributed by atoms with Crippen LogP contribution >= 0.6 is 0 Å². The number of carbonyl (C=O) groups is 1. The second-order valence-electron chi connectivity index (χ2n) is 3.57. The lowest BCUT2D eigenvalue weighted by Gasteiger charge is -2.10. The summed E-state index contributed by atoms with van der Waals surface area (Å²) in [6.07, 6.45) is 1.67. The average molecular weight is 140 g/mol. The van der Waals surface area contributed by atoms with Gasteiger partial charge in [0.05, 0.1) is 0 Å². The van der Waals surface area contributed by atoms with E-state index >= 15 is 0 Å². The van der Waals surface area contributed by atoms with Crippen LogP contribution in [0.3, 0.4) is 0 Å². The molecule has 1 heterocycles.